The number of carbonyl (C=O) groups is 2. The average Bonchev–Trinajstić information content (AvgIpc) is 3.29. The quantitative estimate of drug-likeness (QED) is 0.736. The predicted molar refractivity (Wildman–Crippen MR) is 103 cm³/mol. The SMILES string of the molecule is COc1ccc(C2(C(=O)NCCNC(=O)c3cccnc3)CC2(C)C)cc1. The first-order valence-corrected chi connectivity index (χ1v) is 9.02. The second-order valence-electron chi connectivity index (χ2n) is 7.45. The third-order valence-corrected chi connectivity index (χ3v) is 5.33. The van der Waals surface area contributed by atoms with Crippen LogP contribution < -0.4 is 15.4 Å². The van der Waals surface area contributed by atoms with Gasteiger partial charge in [0, 0.05) is 25.5 Å². The van der Waals surface area contributed by atoms with Crippen LogP contribution in [-0.4, -0.2) is 37.0 Å². The van der Waals surface area contributed by atoms with Gasteiger partial charge in [-0.2, -0.15) is 0 Å². The number of ether oxygens (including phenoxy) is 1. The van der Waals surface area contributed by atoms with E-state index in [1.54, 1.807) is 25.4 Å². The van der Waals surface area contributed by atoms with Gasteiger partial charge in [-0.25, -0.2) is 0 Å². The van der Waals surface area contributed by atoms with Gasteiger partial charge in [0.1, 0.15) is 5.75 Å². The third-order valence-electron chi connectivity index (χ3n) is 5.33. The zero-order chi connectivity index (χ0) is 19.5. The van der Waals surface area contributed by atoms with Gasteiger partial charge >= 0.3 is 0 Å². The van der Waals surface area contributed by atoms with E-state index in [2.05, 4.69) is 29.5 Å². The second-order valence-corrected chi connectivity index (χ2v) is 7.45. The number of methoxy groups -OCH3 is 1. The Morgan fingerprint density at radius 3 is 2.33 bits per heavy atom. The molecule has 3 rings (SSSR count). The number of hydrogen-bond acceptors (Lipinski definition) is 4. The van der Waals surface area contributed by atoms with E-state index in [9.17, 15) is 9.59 Å². The summed E-state index contributed by atoms with van der Waals surface area (Å²) in [6.07, 6.45) is 3.92. The minimum Gasteiger partial charge on any atom is -0.497 e. The number of aromatic nitrogens is 1. The fourth-order valence-electron chi connectivity index (χ4n) is 3.61. The van der Waals surface area contributed by atoms with Crippen LogP contribution in [0.3, 0.4) is 0 Å². The van der Waals surface area contributed by atoms with Crippen molar-refractivity contribution in [1.29, 1.82) is 0 Å². The molecule has 0 saturated heterocycles. The van der Waals surface area contributed by atoms with Gasteiger partial charge < -0.3 is 15.4 Å². The Balaban J connectivity index is 1.58. The molecule has 6 nitrogen and oxygen atoms in total. The smallest absolute Gasteiger partial charge is 0.252 e. The minimum absolute atomic E-state index is 0.00621. The summed E-state index contributed by atoms with van der Waals surface area (Å²) in [7, 11) is 1.62. The van der Waals surface area contributed by atoms with Crippen molar-refractivity contribution in [1.82, 2.24) is 15.6 Å². The van der Waals surface area contributed by atoms with Crippen molar-refractivity contribution in [3.8, 4) is 5.75 Å². The van der Waals surface area contributed by atoms with Gasteiger partial charge in [-0.1, -0.05) is 26.0 Å². The highest BCUT2D eigenvalue weighted by Gasteiger charge is 2.66. The lowest BCUT2D eigenvalue weighted by molar-refractivity contribution is -0.124. The van der Waals surface area contributed by atoms with Gasteiger partial charge in [0.2, 0.25) is 5.91 Å². The first-order valence-electron chi connectivity index (χ1n) is 9.02. The molecule has 1 fully saturated rings. The number of rotatable bonds is 7. The van der Waals surface area contributed by atoms with Crippen LogP contribution in [-0.2, 0) is 10.2 Å². The molecule has 0 aliphatic heterocycles. The fraction of sp³-hybridized carbons (Fsp3) is 0.381. The first-order chi connectivity index (χ1) is 12.9. The monoisotopic (exact) mass is 367 g/mol. The summed E-state index contributed by atoms with van der Waals surface area (Å²) >= 11 is 0. The summed E-state index contributed by atoms with van der Waals surface area (Å²) in [4.78, 5) is 28.9. The Hall–Kier alpha value is -2.89. The van der Waals surface area contributed by atoms with E-state index in [1.807, 2.05) is 24.3 Å². The molecule has 27 heavy (non-hydrogen) atoms. The summed E-state index contributed by atoms with van der Waals surface area (Å²) < 4.78 is 5.21. The molecule has 1 aromatic carbocycles. The molecule has 1 unspecified atom stereocenters. The number of carbonyl (C=O) groups excluding carboxylic acids is 2. The van der Waals surface area contributed by atoms with Gasteiger partial charge in [0.25, 0.3) is 5.91 Å². The lowest BCUT2D eigenvalue weighted by Gasteiger charge is -2.21. The highest BCUT2D eigenvalue weighted by molar-refractivity contribution is 5.94. The number of benzene rings is 1. The minimum atomic E-state index is -0.535. The Labute approximate surface area is 159 Å². The van der Waals surface area contributed by atoms with Crippen LogP contribution in [0.25, 0.3) is 0 Å². The van der Waals surface area contributed by atoms with Crippen LogP contribution in [0.4, 0.5) is 0 Å². The molecule has 1 aliphatic carbocycles. The highest BCUT2D eigenvalue weighted by Crippen LogP contribution is 2.64. The summed E-state index contributed by atoms with van der Waals surface area (Å²) in [6.45, 7) is 4.93. The molecule has 0 radical (unpaired) electrons. The summed E-state index contributed by atoms with van der Waals surface area (Å²) in [5.41, 5.74) is 0.851. The van der Waals surface area contributed by atoms with Crippen molar-refractivity contribution in [2.24, 2.45) is 5.41 Å². The van der Waals surface area contributed by atoms with Crippen molar-refractivity contribution in [3.05, 3.63) is 59.9 Å². The molecule has 2 amide bonds. The molecular weight excluding hydrogens is 342 g/mol. The predicted octanol–water partition coefficient (Wildman–Crippen LogP) is 2.30. The maximum atomic E-state index is 12.9. The molecule has 1 aliphatic rings. The van der Waals surface area contributed by atoms with E-state index in [0.717, 1.165) is 17.7 Å². The fourth-order valence-corrected chi connectivity index (χ4v) is 3.61. The van der Waals surface area contributed by atoms with Crippen LogP contribution in [0, 0.1) is 5.41 Å². The highest BCUT2D eigenvalue weighted by atomic mass is 16.5. The molecular formula is C21H25N3O3. The van der Waals surface area contributed by atoms with E-state index in [-0.39, 0.29) is 17.2 Å². The number of amides is 2. The third kappa shape index (κ3) is 3.65. The Kier molecular flexibility index (Phi) is 5.17. The van der Waals surface area contributed by atoms with Crippen molar-refractivity contribution in [2.45, 2.75) is 25.7 Å². The molecule has 2 aromatic rings. The Morgan fingerprint density at radius 2 is 1.78 bits per heavy atom. The number of nitrogens with one attached hydrogen (secondary N) is 2. The summed E-state index contributed by atoms with van der Waals surface area (Å²) in [5, 5.41) is 5.77. The van der Waals surface area contributed by atoms with Crippen molar-refractivity contribution < 1.29 is 14.3 Å². The number of pyridine rings is 1. The van der Waals surface area contributed by atoms with Crippen LogP contribution >= 0.6 is 0 Å². The van der Waals surface area contributed by atoms with Crippen molar-refractivity contribution in [2.75, 3.05) is 20.2 Å². The van der Waals surface area contributed by atoms with Crippen LogP contribution in [0.5, 0.6) is 5.75 Å². The molecule has 0 spiro atoms. The van der Waals surface area contributed by atoms with Gasteiger partial charge in [-0.15, -0.1) is 0 Å². The van der Waals surface area contributed by atoms with Crippen LogP contribution in [0.1, 0.15) is 36.2 Å². The topological polar surface area (TPSA) is 80.3 Å². The van der Waals surface area contributed by atoms with Crippen molar-refractivity contribution >= 4 is 11.8 Å². The van der Waals surface area contributed by atoms with Crippen LogP contribution in [0.15, 0.2) is 48.8 Å². The second kappa shape index (κ2) is 7.39. The van der Waals surface area contributed by atoms with Gasteiger partial charge in [0.05, 0.1) is 18.1 Å². The molecule has 142 valence electrons. The van der Waals surface area contributed by atoms with E-state index in [0.29, 0.717) is 18.7 Å². The summed E-state index contributed by atoms with van der Waals surface area (Å²) in [6, 6.07) is 11.1. The first kappa shape index (κ1) is 18.9. The maximum absolute atomic E-state index is 12.9. The van der Waals surface area contributed by atoms with Crippen LogP contribution in [0.2, 0.25) is 0 Å². The van der Waals surface area contributed by atoms with Gasteiger partial charge in [0.15, 0.2) is 0 Å². The number of hydrogen-bond donors (Lipinski definition) is 2. The Bertz CT molecular complexity index is 818. The standard InChI is InChI=1S/C21H25N3O3/c1-20(2)14-21(20,16-6-8-17(27-3)9-7-16)19(26)24-12-11-23-18(25)15-5-4-10-22-13-15/h4-10,13H,11-12,14H2,1-3H3,(H,23,25)(H,24,26). The molecule has 1 heterocycles. The van der Waals surface area contributed by atoms with Crippen molar-refractivity contribution in [3.63, 3.8) is 0 Å². The molecule has 1 atom stereocenters. The van der Waals surface area contributed by atoms with Gasteiger partial charge in [-0.3, -0.25) is 14.6 Å². The Morgan fingerprint density at radius 1 is 1.11 bits per heavy atom. The van der Waals surface area contributed by atoms with E-state index >= 15 is 0 Å². The largest absolute Gasteiger partial charge is 0.497 e. The molecule has 0 bridgehead atoms. The maximum Gasteiger partial charge on any atom is 0.252 e. The molecule has 6 heteroatoms. The van der Waals surface area contributed by atoms with E-state index in [1.165, 1.54) is 6.20 Å². The van der Waals surface area contributed by atoms with E-state index in [4.69, 9.17) is 4.74 Å². The van der Waals surface area contributed by atoms with Gasteiger partial charge in [-0.05, 0) is 41.7 Å². The lowest BCUT2D eigenvalue weighted by Crippen LogP contribution is -2.41. The zero-order valence-corrected chi connectivity index (χ0v) is 15.9. The number of nitrogens with zero attached hydrogens (tertiary/aromatic N) is 1. The molecule has 1 aromatic heterocycles. The summed E-state index contributed by atoms with van der Waals surface area (Å²) in [5.74, 6) is 0.563. The normalized spacial score (nSPS) is 19.8. The average molecular weight is 367 g/mol. The zero-order valence-electron chi connectivity index (χ0n) is 15.9. The lowest BCUT2D eigenvalue weighted by atomic mass is 9.87. The van der Waals surface area contributed by atoms with E-state index < -0.39 is 5.41 Å². The molecule has 1 saturated carbocycles. The molecule has 2 N–H and O–H groups in total.